The maximum Gasteiger partial charge on any atom is 0.255 e. The number of aryl methyl sites for hydroxylation is 1. The lowest BCUT2D eigenvalue weighted by Crippen LogP contribution is -2.34. The number of pyridine rings is 1. The molecule has 0 spiro atoms. The van der Waals surface area contributed by atoms with Gasteiger partial charge < -0.3 is 18.8 Å². The van der Waals surface area contributed by atoms with Crippen molar-refractivity contribution in [2.45, 2.75) is 45.3 Å². The molecule has 2 aromatic rings. The summed E-state index contributed by atoms with van der Waals surface area (Å²) in [5, 5.41) is 0. The van der Waals surface area contributed by atoms with Gasteiger partial charge in [-0.15, -0.1) is 0 Å². The van der Waals surface area contributed by atoms with Crippen molar-refractivity contribution < 1.29 is 14.2 Å². The molecule has 1 aromatic heterocycles. The Bertz CT molecular complexity index is 973. The van der Waals surface area contributed by atoms with E-state index in [0.717, 1.165) is 23.2 Å². The van der Waals surface area contributed by atoms with E-state index < -0.39 is 0 Å². The van der Waals surface area contributed by atoms with Gasteiger partial charge in [0.25, 0.3) is 5.56 Å². The highest BCUT2D eigenvalue weighted by Gasteiger charge is 2.19. The van der Waals surface area contributed by atoms with E-state index in [-0.39, 0.29) is 17.7 Å². The Morgan fingerprint density at radius 2 is 2.00 bits per heavy atom. The van der Waals surface area contributed by atoms with Crippen molar-refractivity contribution in [1.29, 1.82) is 0 Å². The van der Waals surface area contributed by atoms with E-state index in [1.165, 1.54) is 12.8 Å². The van der Waals surface area contributed by atoms with Gasteiger partial charge in [-0.25, -0.2) is 0 Å². The lowest BCUT2D eigenvalue weighted by Gasteiger charge is -2.24. The average Bonchev–Trinajstić information content (AvgIpc) is 3.59. The SMILES string of the molecule is CCC(c1ccc(C#CC2CC2)cc1)n1c(C)cc(OCC2COCCO2)cc1=O. The molecule has 158 valence electrons. The molecule has 1 aliphatic heterocycles. The molecule has 2 atom stereocenters. The lowest BCUT2D eigenvalue weighted by molar-refractivity contribution is -0.101. The monoisotopic (exact) mass is 407 g/mol. The molecule has 5 nitrogen and oxygen atoms in total. The first kappa shape index (κ1) is 20.7. The quantitative estimate of drug-likeness (QED) is 0.685. The third-order valence-corrected chi connectivity index (χ3v) is 5.55. The minimum Gasteiger partial charge on any atom is -0.491 e. The molecule has 0 radical (unpaired) electrons. The fourth-order valence-corrected chi connectivity index (χ4v) is 3.76. The molecule has 0 N–H and O–H groups in total. The molecule has 2 fully saturated rings. The van der Waals surface area contributed by atoms with Gasteiger partial charge in [-0.3, -0.25) is 4.79 Å². The van der Waals surface area contributed by atoms with Gasteiger partial charge in [0.1, 0.15) is 18.5 Å². The van der Waals surface area contributed by atoms with Gasteiger partial charge in [0.05, 0.1) is 25.9 Å². The third-order valence-electron chi connectivity index (χ3n) is 5.55. The fourth-order valence-electron chi connectivity index (χ4n) is 3.76. The molecule has 0 bridgehead atoms. The second-order valence-electron chi connectivity index (χ2n) is 8.01. The van der Waals surface area contributed by atoms with Crippen molar-refractivity contribution in [3.8, 4) is 17.6 Å². The van der Waals surface area contributed by atoms with E-state index in [4.69, 9.17) is 14.2 Å². The van der Waals surface area contributed by atoms with Gasteiger partial charge in [0.15, 0.2) is 0 Å². The molecule has 2 unspecified atom stereocenters. The van der Waals surface area contributed by atoms with Crippen molar-refractivity contribution in [2.75, 3.05) is 26.4 Å². The van der Waals surface area contributed by atoms with Crippen LogP contribution in [-0.2, 0) is 9.47 Å². The molecule has 1 aromatic carbocycles. The normalized spacial score (nSPS) is 19.6. The number of rotatable bonds is 6. The minimum absolute atomic E-state index is 0.0212. The lowest BCUT2D eigenvalue weighted by atomic mass is 10.0. The van der Waals surface area contributed by atoms with Gasteiger partial charge >= 0.3 is 0 Å². The van der Waals surface area contributed by atoms with Crippen LogP contribution in [-0.4, -0.2) is 37.1 Å². The Morgan fingerprint density at radius 1 is 1.20 bits per heavy atom. The van der Waals surface area contributed by atoms with Crippen LogP contribution >= 0.6 is 0 Å². The zero-order chi connectivity index (χ0) is 20.9. The average molecular weight is 408 g/mol. The summed E-state index contributed by atoms with van der Waals surface area (Å²) >= 11 is 0. The largest absolute Gasteiger partial charge is 0.491 e. The van der Waals surface area contributed by atoms with Crippen LogP contribution in [0.1, 0.15) is 49.0 Å². The summed E-state index contributed by atoms with van der Waals surface area (Å²) < 4.78 is 18.6. The van der Waals surface area contributed by atoms with E-state index in [2.05, 4.69) is 43.0 Å². The summed E-state index contributed by atoms with van der Waals surface area (Å²) in [6, 6.07) is 11.7. The molecule has 1 saturated heterocycles. The van der Waals surface area contributed by atoms with Crippen LogP contribution in [0.15, 0.2) is 41.2 Å². The predicted molar refractivity (Wildman–Crippen MR) is 116 cm³/mol. The standard InChI is InChI=1S/C25H29NO4/c1-3-24(21-10-8-20(9-11-21)7-6-19-4-5-19)26-18(2)14-22(15-25(26)27)30-17-23-16-28-12-13-29-23/h8-11,14-15,19,23-24H,3-5,12-13,16-17H2,1-2H3. The molecule has 2 heterocycles. The smallest absolute Gasteiger partial charge is 0.255 e. The zero-order valence-corrected chi connectivity index (χ0v) is 17.7. The van der Waals surface area contributed by atoms with Crippen LogP contribution in [0.2, 0.25) is 0 Å². The summed E-state index contributed by atoms with van der Waals surface area (Å²) in [6.45, 7) is 6.16. The van der Waals surface area contributed by atoms with Gasteiger partial charge in [-0.2, -0.15) is 0 Å². The maximum absolute atomic E-state index is 12.9. The second kappa shape index (κ2) is 9.51. The van der Waals surface area contributed by atoms with Crippen LogP contribution in [0.3, 0.4) is 0 Å². The second-order valence-corrected chi connectivity index (χ2v) is 8.01. The number of ether oxygens (including phenoxy) is 3. The van der Waals surface area contributed by atoms with Crippen molar-refractivity contribution in [3.05, 3.63) is 63.6 Å². The van der Waals surface area contributed by atoms with Crippen molar-refractivity contribution in [3.63, 3.8) is 0 Å². The first-order valence-electron chi connectivity index (χ1n) is 10.8. The zero-order valence-electron chi connectivity index (χ0n) is 17.7. The summed E-state index contributed by atoms with van der Waals surface area (Å²) in [6.07, 6.45) is 3.19. The van der Waals surface area contributed by atoms with Crippen LogP contribution in [0.4, 0.5) is 0 Å². The molecule has 5 heteroatoms. The van der Waals surface area contributed by atoms with E-state index in [0.29, 0.717) is 38.1 Å². The predicted octanol–water partition coefficient (Wildman–Crippen LogP) is 3.71. The Balaban J connectivity index is 1.49. The maximum atomic E-state index is 12.9. The van der Waals surface area contributed by atoms with E-state index in [1.54, 1.807) is 6.07 Å². The Morgan fingerprint density at radius 3 is 2.63 bits per heavy atom. The first-order valence-corrected chi connectivity index (χ1v) is 10.8. The Labute approximate surface area is 178 Å². The topological polar surface area (TPSA) is 49.7 Å². The summed E-state index contributed by atoms with van der Waals surface area (Å²) in [5.41, 5.74) is 2.96. The van der Waals surface area contributed by atoms with Gasteiger partial charge in [0.2, 0.25) is 0 Å². The van der Waals surface area contributed by atoms with E-state index in [9.17, 15) is 4.79 Å². The first-order chi connectivity index (χ1) is 14.6. The Hall–Kier alpha value is -2.55. The van der Waals surface area contributed by atoms with Crippen molar-refractivity contribution in [1.82, 2.24) is 4.57 Å². The molecular weight excluding hydrogens is 378 g/mol. The van der Waals surface area contributed by atoms with Crippen LogP contribution in [0, 0.1) is 24.7 Å². The van der Waals surface area contributed by atoms with Crippen LogP contribution in [0.25, 0.3) is 0 Å². The number of hydrogen-bond donors (Lipinski definition) is 0. The molecule has 1 saturated carbocycles. The molecule has 1 aliphatic carbocycles. The van der Waals surface area contributed by atoms with Crippen molar-refractivity contribution in [2.24, 2.45) is 5.92 Å². The summed E-state index contributed by atoms with van der Waals surface area (Å²) in [7, 11) is 0. The van der Waals surface area contributed by atoms with Crippen LogP contribution in [0.5, 0.6) is 5.75 Å². The molecule has 30 heavy (non-hydrogen) atoms. The van der Waals surface area contributed by atoms with E-state index in [1.807, 2.05) is 17.6 Å². The van der Waals surface area contributed by atoms with Crippen LogP contribution < -0.4 is 10.3 Å². The van der Waals surface area contributed by atoms with Gasteiger partial charge in [0, 0.05) is 23.2 Å². The Kier molecular flexibility index (Phi) is 6.56. The number of benzene rings is 1. The summed E-state index contributed by atoms with van der Waals surface area (Å²) in [4.78, 5) is 12.9. The molecule has 0 amide bonds. The fraction of sp³-hybridized carbons (Fsp3) is 0.480. The molecule has 4 rings (SSSR count). The highest BCUT2D eigenvalue weighted by Crippen LogP contribution is 2.28. The van der Waals surface area contributed by atoms with E-state index >= 15 is 0 Å². The molecular formula is C25H29NO4. The highest BCUT2D eigenvalue weighted by atomic mass is 16.6. The number of nitrogens with zero attached hydrogens (tertiary/aromatic N) is 1. The number of aromatic nitrogens is 1. The van der Waals surface area contributed by atoms with Gasteiger partial charge in [-0.05, 0) is 49.9 Å². The number of hydrogen-bond acceptors (Lipinski definition) is 4. The minimum atomic E-state index is -0.0913. The van der Waals surface area contributed by atoms with Crippen molar-refractivity contribution >= 4 is 0 Å². The highest BCUT2D eigenvalue weighted by molar-refractivity contribution is 5.38. The summed E-state index contributed by atoms with van der Waals surface area (Å²) in [5.74, 6) is 7.70. The molecule has 2 aliphatic rings. The van der Waals surface area contributed by atoms with Gasteiger partial charge in [-0.1, -0.05) is 30.9 Å². The third kappa shape index (κ3) is 5.13.